The summed E-state index contributed by atoms with van der Waals surface area (Å²) in [5, 5.41) is 0. The van der Waals surface area contributed by atoms with E-state index < -0.39 is 5.60 Å². The minimum Gasteiger partial charge on any atom is -0.435 e. The molecule has 2 saturated heterocycles. The van der Waals surface area contributed by atoms with E-state index in [1.165, 1.54) is 0 Å². The first kappa shape index (κ1) is 12.5. The van der Waals surface area contributed by atoms with Crippen LogP contribution in [0.3, 0.4) is 0 Å². The highest BCUT2D eigenvalue weighted by Gasteiger charge is 2.62. The normalized spacial score (nSPS) is 34.0. The zero-order chi connectivity index (χ0) is 13.5. The fourth-order valence-electron chi connectivity index (χ4n) is 3.88. The molecule has 3 heteroatoms. The van der Waals surface area contributed by atoms with Crippen molar-refractivity contribution in [1.29, 1.82) is 0 Å². The molecule has 0 bridgehead atoms. The predicted octanol–water partition coefficient (Wildman–Crippen LogP) is 3.69. The molecule has 2 heterocycles. The van der Waals surface area contributed by atoms with Crippen LogP contribution in [0.1, 0.15) is 45.1 Å². The summed E-state index contributed by atoms with van der Waals surface area (Å²) in [5.41, 5.74) is 0.419. The molecule has 3 nitrogen and oxygen atoms in total. The molecule has 102 valence electrons. The number of rotatable bonds is 2. The SMILES string of the molecule is CC[C@@]1(c2ccccc2)OC(=O)N2CCCC[C@]21C. The first-order valence-electron chi connectivity index (χ1n) is 7.20. The monoisotopic (exact) mass is 259 g/mol. The Hall–Kier alpha value is -1.51. The molecule has 0 aliphatic carbocycles. The van der Waals surface area contributed by atoms with Gasteiger partial charge >= 0.3 is 6.09 Å². The fourth-order valence-corrected chi connectivity index (χ4v) is 3.88. The number of benzene rings is 1. The molecule has 3 rings (SSSR count). The van der Waals surface area contributed by atoms with Crippen LogP contribution < -0.4 is 0 Å². The molecule has 19 heavy (non-hydrogen) atoms. The van der Waals surface area contributed by atoms with Gasteiger partial charge in [0.25, 0.3) is 0 Å². The minimum atomic E-state index is -0.494. The van der Waals surface area contributed by atoms with Gasteiger partial charge in [0.1, 0.15) is 0 Å². The maximum absolute atomic E-state index is 12.3. The van der Waals surface area contributed by atoms with Crippen molar-refractivity contribution in [3.8, 4) is 0 Å². The number of carbonyl (C=O) groups is 1. The van der Waals surface area contributed by atoms with Crippen molar-refractivity contribution in [2.75, 3.05) is 6.54 Å². The second kappa shape index (κ2) is 4.26. The quantitative estimate of drug-likeness (QED) is 0.810. The molecule has 2 fully saturated rings. The van der Waals surface area contributed by atoms with Gasteiger partial charge in [0.15, 0.2) is 5.60 Å². The highest BCUT2D eigenvalue weighted by atomic mass is 16.6. The number of cyclic esters (lactones) is 1. The van der Waals surface area contributed by atoms with Crippen molar-refractivity contribution >= 4 is 6.09 Å². The van der Waals surface area contributed by atoms with E-state index in [1.54, 1.807) is 0 Å². The molecule has 2 aliphatic rings. The Kier molecular flexibility index (Phi) is 2.80. The maximum Gasteiger partial charge on any atom is 0.411 e. The van der Waals surface area contributed by atoms with Gasteiger partial charge in [-0.3, -0.25) is 4.90 Å². The van der Waals surface area contributed by atoms with Crippen molar-refractivity contribution in [3.05, 3.63) is 35.9 Å². The Balaban J connectivity index is 2.13. The second-order valence-electron chi connectivity index (χ2n) is 5.80. The molecule has 0 N–H and O–H groups in total. The number of carbonyl (C=O) groups excluding carboxylic acids is 1. The average molecular weight is 259 g/mol. The summed E-state index contributed by atoms with van der Waals surface area (Å²) in [6.45, 7) is 5.13. The number of fused-ring (bicyclic) bond motifs is 1. The molecule has 0 saturated carbocycles. The lowest BCUT2D eigenvalue weighted by molar-refractivity contribution is -0.0297. The zero-order valence-corrected chi connectivity index (χ0v) is 11.7. The Bertz CT molecular complexity index is 487. The molecule has 0 spiro atoms. The summed E-state index contributed by atoms with van der Waals surface area (Å²) in [6.07, 6.45) is 3.93. The third-order valence-electron chi connectivity index (χ3n) is 4.98. The molecule has 1 aromatic carbocycles. The number of piperidine rings is 1. The van der Waals surface area contributed by atoms with Gasteiger partial charge in [-0.2, -0.15) is 0 Å². The van der Waals surface area contributed by atoms with E-state index in [-0.39, 0.29) is 11.6 Å². The van der Waals surface area contributed by atoms with Gasteiger partial charge in [0, 0.05) is 6.54 Å². The number of amides is 1. The zero-order valence-electron chi connectivity index (χ0n) is 11.7. The number of hydrogen-bond donors (Lipinski definition) is 0. The number of hydrogen-bond acceptors (Lipinski definition) is 2. The van der Waals surface area contributed by atoms with Crippen molar-refractivity contribution in [1.82, 2.24) is 4.90 Å². The van der Waals surface area contributed by atoms with Gasteiger partial charge in [-0.1, -0.05) is 37.3 Å². The smallest absolute Gasteiger partial charge is 0.411 e. The lowest BCUT2D eigenvalue weighted by atomic mass is 9.70. The summed E-state index contributed by atoms with van der Waals surface area (Å²) in [5.74, 6) is 0. The van der Waals surface area contributed by atoms with Gasteiger partial charge in [-0.25, -0.2) is 4.79 Å². The van der Waals surface area contributed by atoms with Crippen LogP contribution in [0.25, 0.3) is 0 Å². The van der Waals surface area contributed by atoms with Crippen LogP contribution in [0.15, 0.2) is 30.3 Å². The van der Waals surface area contributed by atoms with E-state index in [9.17, 15) is 4.79 Å². The van der Waals surface area contributed by atoms with Gasteiger partial charge in [-0.15, -0.1) is 0 Å². The van der Waals surface area contributed by atoms with Crippen LogP contribution in [0, 0.1) is 0 Å². The molecule has 0 unspecified atom stereocenters. The Labute approximate surface area is 114 Å². The van der Waals surface area contributed by atoms with Crippen LogP contribution in [0.5, 0.6) is 0 Å². The van der Waals surface area contributed by atoms with E-state index in [2.05, 4.69) is 26.0 Å². The third kappa shape index (κ3) is 1.54. The van der Waals surface area contributed by atoms with E-state index in [0.29, 0.717) is 0 Å². The minimum absolute atomic E-state index is 0.145. The highest BCUT2D eigenvalue weighted by Crippen LogP contribution is 2.52. The molecular formula is C16H21NO2. The van der Waals surface area contributed by atoms with Crippen molar-refractivity contribution in [2.45, 2.75) is 50.7 Å². The van der Waals surface area contributed by atoms with Crippen molar-refractivity contribution in [3.63, 3.8) is 0 Å². The standard InChI is InChI=1S/C16H21NO2/c1-3-16(13-9-5-4-6-10-13)15(2)11-7-8-12-17(15)14(18)19-16/h4-6,9-10H,3,7-8,11-12H2,1-2H3/t15-,16-/m0/s1. The molecular weight excluding hydrogens is 238 g/mol. The predicted molar refractivity (Wildman–Crippen MR) is 73.9 cm³/mol. The van der Waals surface area contributed by atoms with Gasteiger partial charge in [0.05, 0.1) is 5.54 Å². The Morgan fingerprint density at radius 3 is 2.68 bits per heavy atom. The molecule has 1 amide bonds. The summed E-state index contributed by atoms with van der Waals surface area (Å²) < 4.78 is 5.92. The molecule has 0 radical (unpaired) electrons. The maximum atomic E-state index is 12.3. The largest absolute Gasteiger partial charge is 0.435 e. The average Bonchev–Trinajstić information content (AvgIpc) is 2.68. The molecule has 1 aromatic rings. The van der Waals surface area contributed by atoms with Crippen LogP contribution in [-0.2, 0) is 10.3 Å². The van der Waals surface area contributed by atoms with Crippen LogP contribution in [-0.4, -0.2) is 23.1 Å². The van der Waals surface area contributed by atoms with E-state index in [1.807, 2.05) is 23.1 Å². The van der Waals surface area contributed by atoms with Crippen molar-refractivity contribution in [2.24, 2.45) is 0 Å². The molecule has 2 aliphatic heterocycles. The van der Waals surface area contributed by atoms with E-state index in [0.717, 1.165) is 37.8 Å². The van der Waals surface area contributed by atoms with Gasteiger partial charge < -0.3 is 4.74 Å². The van der Waals surface area contributed by atoms with Crippen LogP contribution in [0.4, 0.5) is 4.79 Å². The first-order valence-corrected chi connectivity index (χ1v) is 7.20. The summed E-state index contributed by atoms with van der Waals surface area (Å²) in [4.78, 5) is 14.2. The van der Waals surface area contributed by atoms with Crippen molar-refractivity contribution < 1.29 is 9.53 Å². The first-order chi connectivity index (χ1) is 9.14. The second-order valence-corrected chi connectivity index (χ2v) is 5.80. The number of ether oxygens (including phenoxy) is 1. The molecule has 2 atom stereocenters. The Morgan fingerprint density at radius 1 is 1.26 bits per heavy atom. The Morgan fingerprint density at radius 2 is 2.00 bits per heavy atom. The van der Waals surface area contributed by atoms with Crippen LogP contribution in [0.2, 0.25) is 0 Å². The molecule has 0 aromatic heterocycles. The number of nitrogens with zero attached hydrogens (tertiary/aromatic N) is 1. The summed E-state index contributed by atoms with van der Waals surface area (Å²) in [7, 11) is 0. The topological polar surface area (TPSA) is 29.5 Å². The fraction of sp³-hybridized carbons (Fsp3) is 0.562. The highest BCUT2D eigenvalue weighted by molar-refractivity contribution is 5.73. The van der Waals surface area contributed by atoms with Crippen LogP contribution >= 0.6 is 0 Å². The summed E-state index contributed by atoms with van der Waals surface area (Å²) >= 11 is 0. The van der Waals surface area contributed by atoms with Gasteiger partial charge in [0.2, 0.25) is 0 Å². The van der Waals surface area contributed by atoms with E-state index in [4.69, 9.17) is 4.74 Å². The lowest BCUT2D eigenvalue weighted by Crippen LogP contribution is -2.56. The lowest BCUT2D eigenvalue weighted by Gasteiger charge is -2.46. The van der Waals surface area contributed by atoms with E-state index >= 15 is 0 Å². The summed E-state index contributed by atoms with van der Waals surface area (Å²) in [6, 6.07) is 10.2. The third-order valence-corrected chi connectivity index (χ3v) is 4.98. The van der Waals surface area contributed by atoms with Gasteiger partial charge in [-0.05, 0) is 38.2 Å².